The minimum atomic E-state index is 0.545. The molecule has 0 bridgehead atoms. The molecule has 0 amide bonds. The van der Waals surface area contributed by atoms with Crippen LogP contribution in [0.4, 0.5) is 5.69 Å². The van der Waals surface area contributed by atoms with Crippen molar-refractivity contribution >= 4 is 28.9 Å². The number of nitrogen functional groups attached to an aromatic ring is 1. The highest BCUT2D eigenvalue weighted by Crippen LogP contribution is 2.38. The van der Waals surface area contributed by atoms with E-state index < -0.39 is 0 Å². The Kier molecular flexibility index (Phi) is 4.23. The molecule has 0 aliphatic carbocycles. The van der Waals surface area contributed by atoms with Crippen LogP contribution in [0, 0.1) is 6.92 Å². The van der Waals surface area contributed by atoms with Crippen molar-refractivity contribution in [2.24, 2.45) is 0 Å². The van der Waals surface area contributed by atoms with Crippen LogP contribution in [0.25, 0.3) is 11.1 Å². The van der Waals surface area contributed by atoms with Gasteiger partial charge in [-0.3, -0.25) is 0 Å². The van der Waals surface area contributed by atoms with E-state index in [9.17, 15) is 0 Å². The van der Waals surface area contributed by atoms with Crippen LogP contribution in [0.5, 0.6) is 5.75 Å². The summed E-state index contributed by atoms with van der Waals surface area (Å²) >= 11 is 12.5. The highest BCUT2D eigenvalue weighted by Gasteiger charge is 2.12. The molecule has 0 fully saturated rings. The van der Waals surface area contributed by atoms with Gasteiger partial charge in [0.15, 0.2) is 0 Å². The number of aryl methyl sites for hydroxylation is 1. The molecule has 19 heavy (non-hydrogen) atoms. The number of hydrogen-bond acceptors (Lipinski definition) is 2. The van der Waals surface area contributed by atoms with Crippen molar-refractivity contribution in [3.05, 3.63) is 45.9 Å². The van der Waals surface area contributed by atoms with Crippen molar-refractivity contribution in [2.75, 3.05) is 12.3 Å². The van der Waals surface area contributed by atoms with Gasteiger partial charge in [0.2, 0.25) is 0 Å². The largest absolute Gasteiger partial charge is 0.492 e. The van der Waals surface area contributed by atoms with Gasteiger partial charge in [0.25, 0.3) is 0 Å². The van der Waals surface area contributed by atoms with Gasteiger partial charge >= 0.3 is 0 Å². The molecule has 2 nitrogen and oxygen atoms in total. The van der Waals surface area contributed by atoms with E-state index in [0.717, 1.165) is 16.7 Å². The Morgan fingerprint density at radius 1 is 1.05 bits per heavy atom. The number of nitrogens with two attached hydrogens (primary N) is 1. The van der Waals surface area contributed by atoms with Gasteiger partial charge in [-0.15, -0.1) is 0 Å². The minimum Gasteiger partial charge on any atom is -0.492 e. The molecule has 0 radical (unpaired) electrons. The Morgan fingerprint density at radius 2 is 1.79 bits per heavy atom. The van der Waals surface area contributed by atoms with E-state index in [4.69, 9.17) is 33.7 Å². The van der Waals surface area contributed by atoms with Gasteiger partial charge in [0.1, 0.15) is 5.75 Å². The van der Waals surface area contributed by atoms with Crippen LogP contribution < -0.4 is 10.5 Å². The zero-order valence-corrected chi connectivity index (χ0v) is 12.3. The molecule has 0 aliphatic heterocycles. The van der Waals surface area contributed by atoms with Crippen LogP contribution in [0.1, 0.15) is 12.5 Å². The zero-order chi connectivity index (χ0) is 14.0. The summed E-state index contributed by atoms with van der Waals surface area (Å²) < 4.78 is 5.42. The summed E-state index contributed by atoms with van der Waals surface area (Å²) in [6, 6.07) is 9.28. The Hall–Kier alpha value is -1.38. The van der Waals surface area contributed by atoms with Crippen molar-refractivity contribution in [3.8, 4) is 16.9 Å². The number of benzene rings is 2. The molecule has 0 saturated carbocycles. The van der Waals surface area contributed by atoms with Crippen LogP contribution in [-0.4, -0.2) is 6.61 Å². The molecule has 0 unspecified atom stereocenters. The summed E-state index contributed by atoms with van der Waals surface area (Å²) in [6.45, 7) is 4.46. The SMILES string of the molecule is CCOc1cc(Cl)c(-c2cc(N)ccc2C)cc1Cl. The third kappa shape index (κ3) is 2.96. The van der Waals surface area contributed by atoms with Gasteiger partial charge in [-0.25, -0.2) is 0 Å². The first-order chi connectivity index (χ1) is 9.02. The maximum Gasteiger partial charge on any atom is 0.139 e. The van der Waals surface area contributed by atoms with Crippen molar-refractivity contribution < 1.29 is 4.74 Å². The molecule has 0 atom stereocenters. The molecule has 2 rings (SSSR count). The monoisotopic (exact) mass is 295 g/mol. The average molecular weight is 296 g/mol. The fourth-order valence-corrected chi connectivity index (χ4v) is 2.40. The second kappa shape index (κ2) is 5.72. The third-order valence-corrected chi connectivity index (χ3v) is 3.48. The van der Waals surface area contributed by atoms with Crippen molar-refractivity contribution in [1.29, 1.82) is 0 Å². The van der Waals surface area contributed by atoms with Crippen molar-refractivity contribution in [2.45, 2.75) is 13.8 Å². The smallest absolute Gasteiger partial charge is 0.139 e. The Balaban J connectivity index is 2.57. The van der Waals surface area contributed by atoms with Crippen LogP contribution in [0.3, 0.4) is 0 Å². The summed E-state index contributed by atoms with van der Waals surface area (Å²) in [7, 11) is 0. The molecule has 100 valence electrons. The molecule has 2 aromatic rings. The lowest BCUT2D eigenvalue weighted by Gasteiger charge is -2.12. The first kappa shape index (κ1) is 14.0. The predicted octanol–water partition coefficient (Wildman–Crippen LogP) is 4.95. The van der Waals surface area contributed by atoms with E-state index in [1.165, 1.54) is 0 Å². The zero-order valence-electron chi connectivity index (χ0n) is 10.8. The minimum absolute atomic E-state index is 0.545. The first-order valence-electron chi connectivity index (χ1n) is 6.01. The normalized spacial score (nSPS) is 10.5. The van der Waals surface area contributed by atoms with Crippen molar-refractivity contribution in [1.82, 2.24) is 0 Å². The second-order valence-corrected chi connectivity index (χ2v) is 5.08. The van der Waals surface area contributed by atoms with Crippen LogP contribution in [0.2, 0.25) is 10.0 Å². The fraction of sp³-hybridized carbons (Fsp3) is 0.200. The topological polar surface area (TPSA) is 35.2 Å². The molecule has 2 aromatic carbocycles. The molecule has 0 spiro atoms. The number of anilines is 1. The first-order valence-corrected chi connectivity index (χ1v) is 6.77. The number of ether oxygens (including phenoxy) is 1. The highest BCUT2D eigenvalue weighted by atomic mass is 35.5. The number of halogens is 2. The van der Waals surface area contributed by atoms with Crippen molar-refractivity contribution in [3.63, 3.8) is 0 Å². The summed E-state index contributed by atoms with van der Waals surface area (Å²) in [6.07, 6.45) is 0. The standard InChI is InChI=1S/C15H15Cl2NO/c1-3-19-15-8-13(16)12(7-14(15)17)11-6-10(18)5-4-9(11)2/h4-8H,3,18H2,1-2H3. The van der Waals surface area contributed by atoms with Gasteiger partial charge in [-0.2, -0.15) is 0 Å². The third-order valence-electron chi connectivity index (χ3n) is 2.87. The lowest BCUT2D eigenvalue weighted by molar-refractivity contribution is 0.340. The van der Waals surface area contributed by atoms with Crippen LogP contribution in [-0.2, 0) is 0 Å². The maximum absolute atomic E-state index is 6.32. The van der Waals surface area contributed by atoms with E-state index in [1.54, 1.807) is 6.07 Å². The maximum atomic E-state index is 6.32. The van der Waals surface area contributed by atoms with E-state index in [2.05, 4.69) is 0 Å². The van der Waals surface area contributed by atoms with E-state index >= 15 is 0 Å². The second-order valence-electron chi connectivity index (χ2n) is 4.27. The van der Waals surface area contributed by atoms with Crippen LogP contribution >= 0.6 is 23.2 Å². The molecular weight excluding hydrogens is 281 g/mol. The summed E-state index contributed by atoms with van der Waals surface area (Å²) in [5, 5.41) is 1.14. The summed E-state index contributed by atoms with van der Waals surface area (Å²) in [5.74, 6) is 0.597. The van der Waals surface area contributed by atoms with Gasteiger partial charge in [0, 0.05) is 17.3 Å². The predicted molar refractivity (Wildman–Crippen MR) is 82.2 cm³/mol. The number of rotatable bonds is 3. The van der Waals surface area contributed by atoms with E-state index in [0.29, 0.717) is 28.1 Å². The lowest BCUT2D eigenvalue weighted by atomic mass is 10.00. The Labute approximate surface area is 123 Å². The lowest BCUT2D eigenvalue weighted by Crippen LogP contribution is -1.94. The quantitative estimate of drug-likeness (QED) is 0.813. The Bertz CT molecular complexity index is 611. The van der Waals surface area contributed by atoms with Gasteiger partial charge in [0.05, 0.1) is 16.7 Å². The number of hydrogen-bond donors (Lipinski definition) is 1. The fourth-order valence-electron chi connectivity index (χ4n) is 1.93. The van der Waals surface area contributed by atoms with E-state index in [1.807, 2.05) is 38.1 Å². The summed E-state index contributed by atoms with van der Waals surface area (Å²) in [4.78, 5) is 0. The molecule has 0 aliphatic rings. The van der Waals surface area contributed by atoms with Gasteiger partial charge in [-0.05, 0) is 43.2 Å². The van der Waals surface area contributed by atoms with Crippen LogP contribution in [0.15, 0.2) is 30.3 Å². The molecule has 4 heteroatoms. The molecular formula is C15H15Cl2NO. The Morgan fingerprint density at radius 3 is 2.47 bits per heavy atom. The van der Waals surface area contributed by atoms with Gasteiger partial charge in [-0.1, -0.05) is 29.3 Å². The molecule has 0 heterocycles. The van der Waals surface area contributed by atoms with E-state index in [-0.39, 0.29) is 0 Å². The average Bonchev–Trinajstić information content (AvgIpc) is 2.37. The molecule has 2 N–H and O–H groups in total. The summed E-state index contributed by atoms with van der Waals surface area (Å²) in [5.41, 5.74) is 9.46. The van der Waals surface area contributed by atoms with Gasteiger partial charge < -0.3 is 10.5 Å². The molecule has 0 aromatic heterocycles. The highest BCUT2D eigenvalue weighted by molar-refractivity contribution is 6.36. The molecule has 0 saturated heterocycles.